The molecule has 1 aromatic heterocycles. The highest BCUT2D eigenvalue weighted by molar-refractivity contribution is 9.10. The zero-order valence-electron chi connectivity index (χ0n) is 11.2. The number of nitrogens with zero attached hydrogens (tertiary/aromatic N) is 2. The summed E-state index contributed by atoms with van der Waals surface area (Å²) in [5, 5.41) is 7.76. The Morgan fingerprint density at radius 1 is 1.61 bits per heavy atom. The zero-order chi connectivity index (χ0) is 13.3. The summed E-state index contributed by atoms with van der Waals surface area (Å²) in [4.78, 5) is 12.3. The first-order chi connectivity index (χ1) is 8.54. The van der Waals surface area contributed by atoms with Gasteiger partial charge in [-0.1, -0.05) is 6.92 Å². The van der Waals surface area contributed by atoms with Crippen molar-refractivity contribution in [3.8, 4) is 0 Å². The molecule has 0 bridgehead atoms. The Bertz CT molecular complexity index is 455. The molecule has 5 heteroatoms. The van der Waals surface area contributed by atoms with Gasteiger partial charge in [-0.05, 0) is 42.2 Å². The Labute approximate surface area is 116 Å². The van der Waals surface area contributed by atoms with Gasteiger partial charge in [0.05, 0.1) is 15.9 Å². The summed E-state index contributed by atoms with van der Waals surface area (Å²) in [7, 11) is 1.91. The van der Waals surface area contributed by atoms with Crippen LogP contribution in [0.5, 0.6) is 0 Å². The molecule has 0 saturated carbocycles. The average molecular weight is 314 g/mol. The first-order valence-electron chi connectivity index (χ1n) is 6.51. The highest BCUT2D eigenvalue weighted by atomic mass is 79.9. The van der Waals surface area contributed by atoms with E-state index in [1.54, 1.807) is 0 Å². The number of aromatic nitrogens is 2. The van der Waals surface area contributed by atoms with E-state index in [2.05, 4.69) is 40.2 Å². The molecule has 1 fully saturated rings. The van der Waals surface area contributed by atoms with Crippen LogP contribution in [-0.4, -0.2) is 28.2 Å². The maximum Gasteiger partial charge on any atom is 0.143 e. The van der Waals surface area contributed by atoms with Crippen molar-refractivity contribution < 1.29 is 4.79 Å². The number of aryl methyl sites for hydroxylation is 2. The van der Waals surface area contributed by atoms with Crippen molar-refractivity contribution >= 4 is 21.7 Å². The van der Waals surface area contributed by atoms with Crippen LogP contribution < -0.4 is 5.32 Å². The summed E-state index contributed by atoms with van der Waals surface area (Å²) in [6.07, 6.45) is 2.31. The first kappa shape index (κ1) is 13.7. The van der Waals surface area contributed by atoms with Crippen LogP contribution in [0.4, 0.5) is 0 Å². The molecule has 2 atom stereocenters. The van der Waals surface area contributed by atoms with Crippen LogP contribution in [0.15, 0.2) is 4.47 Å². The minimum atomic E-state index is 0.150. The number of ketones is 1. The van der Waals surface area contributed by atoms with Gasteiger partial charge in [-0.15, -0.1) is 0 Å². The van der Waals surface area contributed by atoms with Crippen LogP contribution in [0.1, 0.15) is 31.7 Å². The highest BCUT2D eigenvalue weighted by Crippen LogP contribution is 2.25. The van der Waals surface area contributed by atoms with Gasteiger partial charge in [-0.3, -0.25) is 9.48 Å². The van der Waals surface area contributed by atoms with Gasteiger partial charge in [0, 0.05) is 25.4 Å². The Hall–Kier alpha value is -0.680. The highest BCUT2D eigenvalue weighted by Gasteiger charge is 2.30. The second-order valence-electron chi connectivity index (χ2n) is 4.97. The van der Waals surface area contributed by atoms with E-state index in [0.717, 1.165) is 35.2 Å². The van der Waals surface area contributed by atoms with Crippen molar-refractivity contribution in [2.24, 2.45) is 13.0 Å². The van der Waals surface area contributed by atoms with Crippen molar-refractivity contribution in [3.63, 3.8) is 0 Å². The molecule has 1 N–H and O–H groups in total. The van der Waals surface area contributed by atoms with E-state index in [1.165, 1.54) is 0 Å². The van der Waals surface area contributed by atoms with Crippen LogP contribution in [0.3, 0.4) is 0 Å². The van der Waals surface area contributed by atoms with E-state index >= 15 is 0 Å². The maximum atomic E-state index is 12.3. The molecule has 0 radical (unpaired) electrons. The molecule has 100 valence electrons. The van der Waals surface area contributed by atoms with Crippen LogP contribution in [0.25, 0.3) is 0 Å². The fourth-order valence-electron chi connectivity index (χ4n) is 2.61. The summed E-state index contributed by atoms with van der Waals surface area (Å²) in [5.41, 5.74) is 2.02. The van der Waals surface area contributed by atoms with Crippen molar-refractivity contribution in [1.82, 2.24) is 15.1 Å². The van der Waals surface area contributed by atoms with Crippen LogP contribution in [0, 0.1) is 5.92 Å². The molecular weight excluding hydrogens is 294 g/mol. The molecule has 1 aliphatic heterocycles. The quantitative estimate of drug-likeness (QED) is 0.923. The fraction of sp³-hybridized carbons (Fsp3) is 0.692. The van der Waals surface area contributed by atoms with E-state index in [1.807, 2.05) is 11.7 Å². The Morgan fingerprint density at radius 3 is 2.83 bits per heavy atom. The first-order valence-corrected chi connectivity index (χ1v) is 7.30. The van der Waals surface area contributed by atoms with Gasteiger partial charge in [-0.2, -0.15) is 5.10 Å². The van der Waals surface area contributed by atoms with Gasteiger partial charge in [-0.25, -0.2) is 0 Å². The molecule has 2 heterocycles. The van der Waals surface area contributed by atoms with Crippen LogP contribution in [-0.2, 0) is 24.7 Å². The molecular formula is C13H20BrN3O. The van der Waals surface area contributed by atoms with Crippen molar-refractivity contribution in [1.29, 1.82) is 0 Å². The van der Waals surface area contributed by atoms with E-state index in [4.69, 9.17) is 0 Å². The molecule has 0 amide bonds. The van der Waals surface area contributed by atoms with Gasteiger partial charge in [0.15, 0.2) is 0 Å². The van der Waals surface area contributed by atoms with E-state index < -0.39 is 0 Å². The minimum absolute atomic E-state index is 0.150. The third-order valence-electron chi connectivity index (χ3n) is 3.78. The van der Waals surface area contributed by atoms with Crippen molar-refractivity contribution in [2.75, 3.05) is 6.54 Å². The SMILES string of the molecule is CCc1nn(C)c(CC(=O)C2CCNC2C)c1Br. The second-order valence-corrected chi connectivity index (χ2v) is 5.76. The molecule has 2 rings (SSSR count). The third-order valence-corrected chi connectivity index (χ3v) is 4.70. The van der Waals surface area contributed by atoms with Crippen molar-refractivity contribution in [3.05, 3.63) is 15.9 Å². The molecule has 18 heavy (non-hydrogen) atoms. The molecule has 0 spiro atoms. The fourth-order valence-corrected chi connectivity index (χ4v) is 3.36. The smallest absolute Gasteiger partial charge is 0.143 e. The summed E-state index contributed by atoms with van der Waals surface area (Å²) < 4.78 is 2.83. The topological polar surface area (TPSA) is 46.9 Å². The van der Waals surface area contributed by atoms with Gasteiger partial charge in [0.1, 0.15) is 5.78 Å². The molecule has 1 aliphatic rings. The van der Waals surface area contributed by atoms with Crippen LogP contribution >= 0.6 is 15.9 Å². The third kappa shape index (κ3) is 2.52. The Kier molecular flexibility index (Phi) is 4.22. The van der Waals surface area contributed by atoms with Gasteiger partial charge in [0.2, 0.25) is 0 Å². The summed E-state index contributed by atoms with van der Waals surface area (Å²) in [6, 6.07) is 0.301. The van der Waals surface area contributed by atoms with E-state index in [9.17, 15) is 4.79 Å². The minimum Gasteiger partial charge on any atom is -0.314 e. The lowest BCUT2D eigenvalue weighted by atomic mass is 9.94. The molecule has 1 aromatic rings. The monoisotopic (exact) mass is 313 g/mol. The van der Waals surface area contributed by atoms with Crippen molar-refractivity contribution in [2.45, 2.75) is 39.2 Å². The number of hydrogen-bond acceptors (Lipinski definition) is 3. The summed E-state index contributed by atoms with van der Waals surface area (Å²) in [5.74, 6) is 0.468. The standard InChI is InChI=1S/C13H20BrN3O/c1-4-10-13(14)11(17(3)16-10)7-12(18)9-5-6-15-8(9)2/h8-9,15H,4-7H2,1-3H3. The molecule has 0 aromatic carbocycles. The molecule has 2 unspecified atom stereocenters. The van der Waals surface area contributed by atoms with E-state index in [0.29, 0.717) is 18.2 Å². The lowest BCUT2D eigenvalue weighted by Gasteiger charge is -2.13. The lowest BCUT2D eigenvalue weighted by Crippen LogP contribution is -2.29. The number of halogens is 1. The zero-order valence-corrected chi connectivity index (χ0v) is 12.7. The lowest BCUT2D eigenvalue weighted by molar-refractivity contribution is -0.122. The Balaban J connectivity index is 2.14. The van der Waals surface area contributed by atoms with Gasteiger partial charge in [0.25, 0.3) is 0 Å². The van der Waals surface area contributed by atoms with Crippen LogP contribution in [0.2, 0.25) is 0 Å². The number of nitrogens with one attached hydrogen (secondary N) is 1. The number of Topliss-reactive ketones (excluding diaryl/α,β-unsaturated/α-hetero) is 1. The summed E-state index contributed by atoms with van der Waals surface area (Å²) in [6.45, 7) is 5.11. The van der Waals surface area contributed by atoms with Gasteiger partial charge < -0.3 is 5.32 Å². The van der Waals surface area contributed by atoms with Gasteiger partial charge >= 0.3 is 0 Å². The number of rotatable bonds is 4. The van der Waals surface area contributed by atoms with E-state index in [-0.39, 0.29) is 5.92 Å². The number of hydrogen-bond donors (Lipinski definition) is 1. The molecule has 1 saturated heterocycles. The predicted molar refractivity (Wildman–Crippen MR) is 74.6 cm³/mol. The number of carbonyl (C=O) groups is 1. The largest absolute Gasteiger partial charge is 0.314 e. The normalized spacial score (nSPS) is 23.6. The Morgan fingerprint density at radius 2 is 2.33 bits per heavy atom. The maximum absolute atomic E-state index is 12.3. The number of carbonyl (C=O) groups excluding carboxylic acids is 1. The predicted octanol–water partition coefficient (Wildman–Crippen LogP) is 1.85. The summed E-state index contributed by atoms with van der Waals surface area (Å²) >= 11 is 3.56. The molecule has 0 aliphatic carbocycles. The second kappa shape index (κ2) is 5.53. The molecule has 4 nitrogen and oxygen atoms in total. The average Bonchev–Trinajstić information content (AvgIpc) is 2.87.